The van der Waals surface area contributed by atoms with Crippen molar-refractivity contribution < 1.29 is 19.1 Å². The van der Waals surface area contributed by atoms with Gasteiger partial charge in [-0.15, -0.1) is 0 Å². The lowest BCUT2D eigenvalue weighted by atomic mass is 10.0. The summed E-state index contributed by atoms with van der Waals surface area (Å²) >= 11 is 0. The largest absolute Gasteiger partial charge is 0.469 e. The van der Waals surface area contributed by atoms with Crippen LogP contribution in [0.1, 0.15) is 39.5 Å². The van der Waals surface area contributed by atoms with Gasteiger partial charge in [0.05, 0.1) is 19.6 Å². The van der Waals surface area contributed by atoms with Crippen molar-refractivity contribution >= 4 is 17.9 Å². The van der Waals surface area contributed by atoms with Crippen molar-refractivity contribution in [1.82, 2.24) is 10.6 Å². The van der Waals surface area contributed by atoms with Crippen molar-refractivity contribution in [2.24, 2.45) is 5.73 Å². The van der Waals surface area contributed by atoms with Gasteiger partial charge in [-0.1, -0.05) is 42.0 Å². The maximum atomic E-state index is 12.6. The van der Waals surface area contributed by atoms with E-state index >= 15 is 0 Å². The number of esters is 1. The predicted molar refractivity (Wildman–Crippen MR) is 101 cm³/mol. The van der Waals surface area contributed by atoms with Crippen LogP contribution in [0.25, 0.3) is 0 Å². The first kappa shape index (κ1) is 20.0. The Morgan fingerprint density at radius 1 is 1.04 bits per heavy atom. The minimum Gasteiger partial charge on any atom is -0.469 e. The molecule has 0 bridgehead atoms. The number of hydrogen-bond acceptors (Lipinski definition) is 4. The predicted octanol–water partition coefficient (Wildman–Crippen LogP) is 2.20. The number of aryl methyl sites for hydroxylation is 1. The van der Waals surface area contributed by atoms with E-state index in [9.17, 15) is 14.4 Å². The number of urea groups is 1. The third kappa shape index (κ3) is 6.14. The van der Waals surface area contributed by atoms with E-state index in [4.69, 9.17) is 10.5 Å². The van der Waals surface area contributed by atoms with Gasteiger partial charge in [0.25, 0.3) is 5.91 Å². The Labute approximate surface area is 157 Å². The average molecular weight is 369 g/mol. The first-order valence-electron chi connectivity index (χ1n) is 8.45. The summed E-state index contributed by atoms with van der Waals surface area (Å²) < 4.78 is 4.74. The molecule has 7 heteroatoms. The van der Waals surface area contributed by atoms with Gasteiger partial charge in [0, 0.05) is 12.1 Å². The monoisotopic (exact) mass is 369 g/mol. The van der Waals surface area contributed by atoms with Crippen LogP contribution < -0.4 is 16.4 Å². The fraction of sp³-hybridized carbons (Fsp3) is 0.250. The molecule has 0 heterocycles. The van der Waals surface area contributed by atoms with Crippen molar-refractivity contribution in [3.05, 3.63) is 70.8 Å². The molecule has 0 aliphatic heterocycles. The van der Waals surface area contributed by atoms with Gasteiger partial charge in [-0.05, 0) is 30.2 Å². The lowest BCUT2D eigenvalue weighted by Crippen LogP contribution is -2.30. The van der Waals surface area contributed by atoms with Gasteiger partial charge in [-0.3, -0.25) is 9.59 Å². The van der Waals surface area contributed by atoms with E-state index in [1.165, 1.54) is 7.11 Å². The van der Waals surface area contributed by atoms with E-state index in [1.54, 1.807) is 24.3 Å². The molecule has 3 amide bonds. The fourth-order valence-corrected chi connectivity index (χ4v) is 2.51. The number of carbonyl (C=O) groups excluding carboxylic acids is 3. The smallest absolute Gasteiger partial charge is 0.312 e. The van der Waals surface area contributed by atoms with E-state index < -0.39 is 18.0 Å². The summed E-state index contributed by atoms with van der Waals surface area (Å²) in [6, 6.07) is 13.2. The summed E-state index contributed by atoms with van der Waals surface area (Å²) in [6.07, 6.45) is 0.0336. The third-order valence-electron chi connectivity index (χ3n) is 4.07. The van der Waals surface area contributed by atoms with E-state index in [0.717, 1.165) is 16.7 Å². The number of benzene rings is 2. The highest BCUT2D eigenvalue weighted by atomic mass is 16.5. The number of methoxy groups -OCH3 is 1. The molecule has 2 aromatic carbocycles. The van der Waals surface area contributed by atoms with Crippen LogP contribution in [-0.2, 0) is 16.1 Å². The van der Waals surface area contributed by atoms with Crippen molar-refractivity contribution in [2.75, 3.05) is 7.11 Å². The molecule has 0 saturated heterocycles. The maximum absolute atomic E-state index is 12.6. The van der Waals surface area contributed by atoms with E-state index in [0.29, 0.717) is 5.56 Å². The second-order valence-corrected chi connectivity index (χ2v) is 6.13. The Balaban J connectivity index is 2.11. The van der Waals surface area contributed by atoms with Crippen LogP contribution in [0.3, 0.4) is 0 Å². The standard InChI is InChI=1S/C20H23N3O4/c1-13-3-7-15(8-4-13)17(11-18(24)27-2)23-19(25)16-9-5-14(6-10-16)12-22-20(21)26/h3-10,17H,11-12H2,1-2H3,(H,23,25)(H3,21,22,26). The molecule has 142 valence electrons. The van der Waals surface area contributed by atoms with Crippen LogP contribution >= 0.6 is 0 Å². The molecule has 2 rings (SSSR count). The minimum absolute atomic E-state index is 0.0336. The zero-order valence-electron chi connectivity index (χ0n) is 15.3. The molecule has 1 atom stereocenters. The van der Waals surface area contributed by atoms with Crippen LogP contribution in [0.15, 0.2) is 48.5 Å². The Kier molecular flexibility index (Phi) is 6.93. The van der Waals surface area contributed by atoms with Gasteiger partial charge in [-0.2, -0.15) is 0 Å². The summed E-state index contributed by atoms with van der Waals surface area (Å²) in [4.78, 5) is 35.1. The third-order valence-corrected chi connectivity index (χ3v) is 4.07. The number of carbonyl (C=O) groups is 3. The van der Waals surface area contributed by atoms with Crippen molar-refractivity contribution in [2.45, 2.75) is 25.9 Å². The molecule has 2 aromatic rings. The molecule has 7 nitrogen and oxygen atoms in total. The van der Waals surface area contributed by atoms with Crippen molar-refractivity contribution in [3.63, 3.8) is 0 Å². The topological polar surface area (TPSA) is 111 Å². The van der Waals surface area contributed by atoms with Gasteiger partial charge in [-0.25, -0.2) is 4.79 Å². The van der Waals surface area contributed by atoms with Crippen LogP contribution in [0, 0.1) is 6.92 Å². The molecule has 27 heavy (non-hydrogen) atoms. The van der Waals surface area contributed by atoms with Crippen LogP contribution in [-0.4, -0.2) is 25.0 Å². The van der Waals surface area contributed by atoms with Gasteiger partial charge in [0.2, 0.25) is 0 Å². The number of primary amides is 1. The molecular formula is C20H23N3O4. The van der Waals surface area contributed by atoms with Gasteiger partial charge in [0.1, 0.15) is 0 Å². The quantitative estimate of drug-likeness (QED) is 0.650. The minimum atomic E-state index is -0.611. The van der Waals surface area contributed by atoms with E-state index in [1.807, 2.05) is 31.2 Å². The number of rotatable bonds is 7. The lowest BCUT2D eigenvalue weighted by molar-refractivity contribution is -0.141. The van der Waals surface area contributed by atoms with Gasteiger partial charge >= 0.3 is 12.0 Å². The van der Waals surface area contributed by atoms with Crippen molar-refractivity contribution in [3.8, 4) is 0 Å². The molecule has 0 aliphatic carbocycles. The number of nitrogens with one attached hydrogen (secondary N) is 2. The van der Waals surface area contributed by atoms with Crippen LogP contribution in [0.4, 0.5) is 4.79 Å². The summed E-state index contributed by atoms with van der Waals surface area (Å²) in [7, 11) is 1.31. The lowest BCUT2D eigenvalue weighted by Gasteiger charge is -2.18. The molecular weight excluding hydrogens is 346 g/mol. The van der Waals surface area contributed by atoms with E-state index in [-0.39, 0.29) is 18.9 Å². The highest BCUT2D eigenvalue weighted by molar-refractivity contribution is 5.94. The highest BCUT2D eigenvalue weighted by Crippen LogP contribution is 2.19. The zero-order chi connectivity index (χ0) is 19.8. The first-order chi connectivity index (χ1) is 12.9. The molecule has 0 aliphatic rings. The van der Waals surface area contributed by atoms with E-state index in [2.05, 4.69) is 10.6 Å². The van der Waals surface area contributed by atoms with Gasteiger partial charge in [0.15, 0.2) is 0 Å². The van der Waals surface area contributed by atoms with Crippen molar-refractivity contribution in [1.29, 1.82) is 0 Å². The number of ether oxygens (including phenoxy) is 1. The summed E-state index contributed by atoms with van der Waals surface area (Å²) in [5, 5.41) is 5.36. The summed E-state index contributed by atoms with van der Waals surface area (Å²) in [5.74, 6) is -0.715. The molecule has 0 aromatic heterocycles. The summed E-state index contributed by atoms with van der Waals surface area (Å²) in [6.45, 7) is 2.25. The highest BCUT2D eigenvalue weighted by Gasteiger charge is 2.19. The first-order valence-corrected chi connectivity index (χ1v) is 8.45. The Bertz CT molecular complexity index is 801. The number of amides is 3. The average Bonchev–Trinajstić information content (AvgIpc) is 2.66. The second-order valence-electron chi connectivity index (χ2n) is 6.13. The molecule has 0 radical (unpaired) electrons. The Hall–Kier alpha value is -3.35. The molecule has 4 N–H and O–H groups in total. The zero-order valence-corrected chi connectivity index (χ0v) is 15.3. The SMILES string of the molecule is COC(=O)CC(NC(=O)c1ccc(CNC(N)=O)cc1)c1ccc(C)cc1. The normalized spacial score (nSPS) is 11.3. The van der Waals surface area contributed by atoms with Crippen LogP contribution in [0.5, 0.6) is 0 Å². The Morgan fingerprint density at radius 3 is 2.22 bits per heavy atom. The van der Waals surface area contributed by atoms with Crippen LogP contribution in [0.2, 0.25) is 0 Å². The molecule has 0 saturated carbocycles. The molecule has 1 unspecified atom stereocenters. The maximum Gasteiger partial charge on any atom is 0.312 e. The fourth-order valence-electron chi connectivity index (χ4n) is 2.51. The molecule has 0 spiro atoms. The van der Waals surface area contributed by atoms with Gasteiger partial charge < -0.3 is 21.1 Å². The summed E-state index contributed by atoms with van der Waals surface area (Å²) in [5.41, 5.74) is 8.20. The second kappa shape index (κ2) is 9.38. The Morgan fingerprint density at radius 2 is 1.67 bits per heavy atom. The molecule has 0 fully saturated rings. The number of hydrogen-bond donors (Lipinski definition) is 3. The number of nitrogens with two attached hydrogens (primary N) is 1.